The van der Waals surface area contributed by atoms with E-state index in [-0.39, 0.29) is 30.7 Å². The summed E-state index contributed by atoms with van der Waals surface area (Å²) >= 11 is 0. The van der Waals surface area contributed by atoms with Crippen LogP contribution in [-0.2, 0) is 16.1 Å². The van der Waals surface area contributed by atoms with Gasteiger partial charge in [-0.25, -0.2) is 4.39 Å². The van der Waals surface area contributed by atoms with Crippen LogP contribution in [0.15, 0.2) is 24.3 Å². The molecule has 1 aromatic carbocycles. The van der Waals surface area contributed by atoms with Crippen LogP contribution in [0.2, 0.25) is 0 Å². The molecule has 1 rings (SSSR count). The Kier molecular flexibility index (Phi) is 5.84. The number of rotatable bonds is 6. The van der Waals surface area contributed by atoms with Crippen LogP contribution in [0.3, 0.4) is 0 Å². The summed E-state index contributed by atoms with van der Waals surface area (Å²) in [4.78, 5) is 25.3. The smallest absolute Gasteiger partial charge is 0.242 e. The quantitative estimate of drug-likeness (QED) is 0.823. The van der Waals surface area contributed by atoms with Crippen molar-refractivity contribution in [3.05, 3.63) is 35.6 Å². The Labute approximate surface area is 124 Å². The van der Waals surface area contributed by atoms with Crippen LogP contribution >= 0.6 is 0 Å². The van der Waals surface area contributed by atoms with Crippen LogP contribution in [0.25, 0.3) is 0 Å². The highest BCUT2D eigenvalue weighted by molar-refractivity contribution is 5.89. The highest BCUT2D eigenvalue weighted by Gasteiger charge is 2.27. The van der Waals surface area contributed by atoms with Crippen LogP contribution in [0.1, 0.15) is 26.3 Å². The Morgan fingerprint density at radius 3 is 2.33 bits per heavy atom. The fourth-order valence-electron chi connectivity index (χ4n) is 1.77. The molecule has 2 amide bonds. The average Bonchev–Trinajstić information content (AvgIpc) is 2.42. The highest BCUT2D eigenvalue weighted by Crippen LogP contribution is 2.05. The number of carbonyl (C=O) groups is 2. The van der Waals surface area contributed by atoms with E-state index in [9.17, 15) is 14.0 Å². The van der Waals surface area contributed by atoms with Crippen molar-refractivity contribution < 1.29 is 14.0 Å². The van der Waals surface area contributed by atoms with Gasteiger partial charge in [-0.05, 0) is 38.5 Å². The van der Waals surface area contributed by atoms with Crippen molar-refractivity contribution in [2.24, 2.45) is 5.73 Å². The van der Waals surface area contributed by atoms with E-state index in [4.69, 9.17) is 5.73 Å². The number of amides is 2. The van der Waals surface area contributed by atoms with Crippen molar-refractivity contribution in [3.63, 3.8) is 0 Å². The molecular weight excluding hydrogens is 273 g/mol. The summed E-state index contributed by atoms with van der Waals surface area (Å²) < 4.78 is 12.8. The van der Waals surface area contributed by atoms with Gasteiger partial charge in [0, 0.05) is 13.1 Å². The van der Waals surface area contributed by atoms with Crippen molar-refractivity contribution in [2.45, 2.75) is 32.9 Å². The zero-order chi connectivity index (χ0) is 16.0. The molecule has 0 bridgehead atoms. The van der Waals surface area contributed by atoms with Crippen molar-refractivity contribution in [2.75, 3.05) is 13.1 Å². The molecule has 6 heteroatoms. The molecule has 0 spiro atoms. The number of halogens is 1. The van der Waals surface area contributed by atoms with Crippen LogP contribution in [-0.4, -0.2) is 35.3 Å². The number of hydrogen-bond acceptors (Lipinski definition) is 3. The van der Waals surface area contributed by atoms with Gasteiger partial charge in [0.15, 0.2) is 0 Å². The standard InChI is InChI=1S/C15H22FN3O2/c1-4-19(14(21)15(2,3)17)10-13(20)18-9-11-5-7-12(16)8-6-11/h5-8H,4,9-10,17H2,1-3H3,(H,18,20). The lowest BCUT2D eigenvalue weighted by atomic mass is 10.1. The third-order valence-corrected chi connectivity index (χ3v) is 2.96. The lowest BCUT2D eigenvalue weighted by Gasteiger charge is -2.27. The minimum Gasteiger partial charge on any atom is -0.350 e. The predicted molar refractivity (Wildman–Crippen MR) is 78.8 cm³/mol. The van der Waals surface area contributed by atoms with Crippen molar-refractivity contribution >= 4 is 11.8 Å². The fourth-order valence-corrected chi connectivity index (χ4v) is 1.77. The minimum atomic E-state index is -1.01. The summed E-state index contributed by atoms with van der Waals surface area (Å²) in [6.07, 6.45) is 0. The lowest BCUT2D eigenvalue weighted by molar-refractivity contribution is -0.139. The molecule has 3 N–H and O–H groups in total. The van der Waals surface area contributed by atoms with Gasteiger partial charge in [-0.1, -0.05) is 12.1 Å². The van der Waals surface area contributed by atoms with E-state index >= 15 is 0 Å². The van der Waals surface area contributed by atoms with Crippen molar-refractivity contribution in [1.29, 1.82) is 0 Å². The summed E-state index contributed by atoms with van der Waals surface area (Å²) in [6.45, 7) is 5.65. The molecule has 0 aromatic heterocycles. The van der Waals surface area contributed by atoms with Gasteiger partial charge in [-0.2, -0.15) is 0 Å². The van der Waals surface area contributed by atoms with E-state index in [1.54, 1.807) is 32.9 Å². The normalized spacial score (nSPS) is 11.1. The van der Waals surface area contributed by atoms with Crippen LogP contribution in [0.5, 0.6) is 0 Å². The first-order chi connectivity index (χ1) is 9.74. The maximum absolute atomic E-state index is 12.8. The molecule has 0 atom stereocenters. The van der Waals surface area contributed by atoms with Crippen LogP contribution in [0.4, 0.5) is 4.39 Å². The van der Waals surface area contributed by atoms with Gasteiger partial charge in [-0.15, -0.1) is 0 Å². The molecule has 0 saturated heterocycles. The molecule has 0 unspecified atom stereocenters. The van der Waals surface area contributed by atoms with E-state index in [1.165, 1.54) is 17.0 Å². The van der Waals surface area contributed by atoms with Gasteiger partial charge in [-0.3, -0.25) is 9.59 Å². The first-order valence-electron chi connectivity index (χ1n) is 6.83. The maximum atomic E-state index is 12.8. The highest BCUT2D eigenvalue weighted by atomic mass is 19.1. The summed E-state index contributed by atoms with van der Waals surface area (Å²) in [5, 5.41) is 2.69. The number of nitrogens with one attached hydrogen (secondary N) is 1. The molecule has 0 aliphatic carbocycles. The molecule has 0 aliphatic heterocycles. The molecule has 0 heterocycles. The monoisotopic (exact) mass is 295 g/mol. The molecule has 116 valence electrons. The fraction of sp³-hybridized carbons (Fsp3) is 0.467. The SMILES string of the molecule is CCN(CC(=O)NCc1ccc(F)cc1)C(=O)C(C)(C)N. The molecular formula is C15H22FN3O2. The lowest BCUT2D eigenvalue weighted by Crippen LogP contribution is -2.53. The Bertz CT molecular complexity index is 495. The molecule has 0 fully saturated rings. The number of carbonyl (C=O) groups excluding carboxylic acids is 2. The summed E-state index contributed by atoms with van der Waals surface area (Å²) in [7, 11) is 0. The number of benzene rings is 1. The minimum absolute atomic E-state index is 0.0445. The van der Waals surface area contributed by atoms with E-state index in [0.717, 1.165) is 5.56 Å². The molecule has 0 saturated carbocycles. The molecule has 1 aromatic rings. The Morgan fingerprint density at radius 1 is 1.29 bits per heavy atom. The third kappa shape index (κ3) is 5.51. The van der Waals surface area contributed by atoms with Crippen molar-refractivity contribution in [3.8, 4) is 0 Å². The van der Waals surface area contributed by atoms with E-state index in [1.807, 2.05) is 0 Å². The molecule has 21 heavy (non-hydrogen) atoms. The summed E-state index contributed by atoms with van der Waals surface area (Å²) in [5.74, 6) is -0.876. The Hall–Kier alpha value is -1.95. The maximum Gasteiger partial charge on any atom is 0.242 e. The van der Waals surface area contributed by atoms with E-state index < -0.39 is 5.54 Å². The molecule has 5 nitrogen and oxygen atoms in total. The Balaban J connectivity index is 2.52. The second kappa shape index (κ2) is 7.17. The molecule has 0 radical (unpaired) electrons. The van der Waals surface area contributed by atoms with Gasteiger partial charge in [0.05, 0.1) is 12.1 Å². The van der Waals surface area contributed by atoms with Crippen LogP contribution in [0, 0.1) is 5.82 Å². The number of hydrogen-bond donors (Lipinski definition) is 2. The number of nitrogens with zero attached hydrogens (tertiary/aromatic N) is 1. The first kappa shape index (κ1) is 17.1. The van der Waals surface area contributed by atoms with Gasteiger partial charge >= 0.3 is 0 Å². The first-order valence-corrected chi connectivity index (χ1v) is 6.83. The van der Waals surface area contributed by atoms with Gasteiger partial charge in [0.25, 0.3) is 0 Å². The van der Waals surface area contributed by atoms with Crippen LogP contribution < -0.4 is 11.1 Å². The second-order valence-corrected chi connectivity index (χ2v) is 5.44. The predicted octanol–water partition coefficient (Wildman–Crippen LogP) is 1.03. The largest absolute Gasteiger partial charge is 0.350 e. The van der Waals surface area contributed by atoms with Gasteiger partial charge in [0.2, 0.25) is 11.8 Å². The molecule has 0 aliphatic rings. The Morgan fingerprint density at radius 2 is 1.86 bits per heavy atom. The zero-order valence-corrected chi connectivity index (χ0v) is 12.6. The number of nitrogens with two attached hydrogens (primary N) is 1. The topological polar surface area (TPSA) is 75.4 Å². The number of likely N-dealkylation sites (N-methyl/N-ethyl adjacent to an activating group) is 1. The van der Waals surface area contributed by atoms with Crippen molar-refractivity contribution in [1.82, 2.24) is 10.2 Å². The second-order valence-electron chi connectivity index (χ2n) is 5.44. The van der Waals surface area contributed by atoms with E-state index in [0.29, 0.717) is 6.54 Å². The summed E-state index contributed by atoms with van der Waals surface area (Å²) in [5.41, 5.74) is 5.54. The average molecular weight is 295 g/mol. The van der Waals surface area contributed by atoms with Gasteiger partial charge in [0.1, 0.15) is 5.82 Å². The van der Waals surface area contributed by atoms with Gasteiger partial charge < -0.3 is 16.0 Å². The summed E-state index contributed by atoms with van der Waals surface area (Å²) in [6, 6.07) is 5.86. The third-order valence-electron chi connectivity index (χ3n) is 2.96. The van der Waals surface area contributed by atoms with E-state index in [2.05, 4.69) is 5.32 Å². The zero-order valence-electron chi connectivity index (χ0n) is 12.6.